The molecule has 4 nitrogen and oxygen atoms in total. The standard InChI is InChI=1S/C25H29NO3/c1-29-21-13-11-20(12-14-21)24-22-9-5-6-16-25(22,28)17-18-26(24)23(27)15-10-19-7-3-2-4-8-19/h2-4,7-8,10-15,22,24,28H,5-6,9,16-18H2,1H3/b15-10+/t22?,24-,25?/m0/s1. The molecule has 1 aliphatic carbocycles. The molecule has 2 aromatic carbocycles. The minimum absolute atomic E-state index is 0.00212. The van der Waals surface area contributed by atoms with Gasteiger partial charge in [-0.3, -0.25) is 4.79 Å². The summed E-state index contributed by atoms with van der Waals surface area (Å²) in [5.41, 5.74) is 1.40. The van der Waals surface area contributed by atoms with E-state index in [2.05, 4.69) is 0 Å². The normalized spacial score (nSPS) is 26.9. The van der Waals surface area contributed by atoms with Gasteiger partial charge in [0, 0.05) is 18.5 Å². The second-order valence-electron chi connectivity index (χ2n) is 8.20. The number of ether oxygens (including phenoxy) is 1. The zero-order chi connectivity index (χ0) is 20.3. The van der Waals surface area contributed by atoms with Crippen LogP contribution in [0.1, 0.15) is 49.3 Å². The van der Waals surface area contributed by atoms with Gasteiger partial charge in [0.15, 0.2) is 0 Å². The number of hydrogen-bond donors (Lipinski definition) is 1. The fraction of sp³-hybridized carbons (Fsp3) is 0.400. The van der Waals surface area contributed by atoms with Crippen LogP contribution >= 0.6 is 0 Å². The molecule has 0 bridgehead atoms. The van der Waals surface area contributed by atoms with Crippen molar-refractivity contribution in [1.82, 2.24) is 4.90 Å². The first-order chi connectivity index (χ1) is 14.1. The number of amides is 1. The summed E-state index contributed by atoms with van der Waals surface area (Å²) in [6.07, 6.45) is 8.11. The Morgan fingerprint density at radius 1 is 1.10 bits per heavy atom. The lowest BCUT2D eigenvalue weighted by Crippen LogP contribution is -2.56. The third-order valence-corrected chi connectivity index (χ3v) is 6.53. The van der Waals surface area contributed by atoms with E-state index in [1.54, 1.807) is 13.2 Å². The van der Waals surface area contributed by atoms with Crippen molar-refractivity contribution in [3.05, 3.63) is 71.8 Å². The Hall–Kier alpha value is -2.59. The van der Waals surface area contributed by atoms with E-state index in [0.29, 0.717) is 13.0 Å². The van der Waals surface area contributed by atoms with Crippen LogP contribution in [0.2, 0.25) is 0 Å². The van der Waals surface area contributed by atoms with E-state index < -0.39 is 5.60 Å². The van der Waals surface area contributed by atoms with Crippen molar-refractivity contribution in [3.63, 3.8) is 0 Å². The van der Waals surface area contributed by atoms with Gasteiger partial charge in [0.05, 0.1) is 18.8 Å². The highest BCUT2D eigenvalue weighted by molar-refractivity contribution is 5.92. The van der Waals surface area contributed by atoms with Crippen LogP contribution in [0.4, 0.5) is 0 Å². The molecule has 2 fully saturated rings. The minimum Gasteiger partial charge on any atom is -0.497 e. The maximum Gasteiger partial charge on any atom is 0.247 e. The first-order valence-electron chi connectivity index (χ1n) is 10.5. The van der Waals surface area contributed by atoms with Crippen molar-refractivity contribution in [2.45, 2.75) is 43.7 Å². The van der Waals surface area contributed by atoms with Crippen LogP contribution in [0.5, 0.6) is 5.75 Å². The number of piperidine rings is 1. The number of hydrogen-bond acceptors (Lipinski definition) is 3. The van der Waals surface area contributed by atoms with E-state index in [-0.39, 0.29) is 17.9 Å². The molecule has 1 heterocycles. The number of aliphatic hydroxyl groups is 1. The molecule has 0 radical (unpaired) electrons. The largest absolute Gasteiger partial charge is 0.497 e. The molecule has 1 saturated heterocycles. The summed E-state index contributed by atoms with van der Waals surface area (Å²) >= 11 is 0. The number of carbonyl (C=O) groups excluding carboxylic acids is 1. The summed E-state index contributed by atoms with van der Waals surface area (Å²) in [4.78, 5) is 15.1. The number of methoxy groups -OCH3 is 1. The van der Waals surface area contributed by atoms with Gasteiger partial charge in [-0.2, -0.15) is 0 Å². The third-order valence-electron chi connectivity index (χ3n) is 6.53. The van der Waals surface area contributed by atoms with Gasteiger partial charge < -0.3 is 14.7 Å². The van der Waals surface area contributed by atoms with Gasteiger partial charge in [-0.1, -0.05) is 55.3 Å². The lowest BCUT2D eigenvalue weighted by Gasteiger charge is -2.52. The van der Waals surface area contributed by atoms with Crippen LogP contribution in [0.25, 0.3) is 6.08 Å². The summed E-state index contributed by atoms with van der Waals surface area (Å²) in [5.74, 6) is 0.861. The monoisotopic (exact) mass is 391 g/mol. The number of benzene rings is 2. The lowest BCUT2D eigenvalue weighted by molar-refractivity contribution is -0.150. The van der Waals surface area contributed by atoms with E-state index in [1.807, 2.05) is 65.6 Å². The predicted molar refractivity (Wildman–Crippen MR) is 114 cm³/mol. The summed E-state index contributed by atoms with van der Waals surface area (Å²) in [7, 11) is 1.65. The van der Waals surface area contributed by atoms with Crippen molar-refractivity contribution >= 4 is 12.0 Å². The van der Waals surface area contributed by atoms with Gasteiger partial charge in [-0.25, -0.2) is 0 Å². The maximum absolute atomic E-state index is 13.2. The van der Waals surface area contributed by atoms with Crippen molar-refractivity contribution in [2.24, 2.45) is 5.92 Å². The highest BCUT2D eigenvalue weighted by atomic mass is 16.5. The van der Waals surface area contributed by atoms with Crippen LogP contribution in [-0.4, -0.2) is 35.2 Å². The Morgan fingerprint density at radius 2 is 1.86 bits per heavy atom. The van der Waals surface area contributed by atoms with Crippen molar-refractivity contribution in [3.8, 4) is 5.75 Å². The van der Waals surface area contributed by atoms with Gasteiger partial charge in [0.2, 0.25) is 5.91 Å². The molecule has 0 aromatic heterocycles. The Balaban J connectivity index is 1.65. The van der Waals surface area contributed by atoms with Gasteiger partial charge >= 0.3 is 0 Å². The minimum atomic E-state index is -0.678. The fourth-order valence-corrected chi connectivity index (χ4v) is 4.97. The molecule has 29 heavy (non-hydrogen) atoms. The van der Waals surface area contributed by atoms with Crippen LogP contribution in [-0.2, 0) is 4.79 Å². The first kappa shape index (κ1) is 19.7. The molecular formula is C25H29NO3. The highest BCUT2D eigenvalue weighted by Gasteiger charge is 2.49. The number of carbonyl (C=O) groups is 1. The molecule has 2 unspecified atom stereocenters. The summed E-state index contributed by atoms with van der Waals surface area (Å²) in [6.45, 7) is 0.571. The SMILES string of the molecule is COc1ccc([C@H]2C3CCCCC3(O)CCN2C(=O)/C=C/c2ccccc2)cc1. The van der Waals surface area contributed by atoms with Gasteiger partial charge in [0.25, 0.3) is 0 Å². The average Bonchev–Trinajstić information content (AvgIpc) is 2.77. The Bertz CT molecular complexity index is 861. The van der Waals surface area contributed by atoms with Crippen LogP contribution in [0.15, 0.2) is 60.7 Å². The Morgan fingerprint density at radius 3 is 2.59 bits per heavy atom. The summed E-state index contributed by atoms with van der Waals surface area (Å²) < 4.78 is 5.30. The van der Waals surface area contributed by atoms with Crippen LogP contribution in [0.3, 0.4) is 0 Å². The quantitative estimate of drug-likeness (QED) is 0.775. The van der Waals surface area contributed by atoms with E-state index in [1.165, 1.54) is 0 Å². The maximum atomic E-state index is 13.2. The second-order valence-corrected chi connectivity index (χ2v) is 8.20. The van der Waals surface area contributed by atoms with Crippen molar-refractivity contribution < 1.29 is 14.6 Å². The molecule has 152 valence electrons. The van der Waals surface area contributed by atoms with Gasteiger partial charge in [0.1, 0.15) is 5.75 Å². The van der Waals surface area contributed by atoms with E-state index in [0.717, 1.165) is 42.6 Å². The van der Waals surface area contributed by atoms with Crippen molar-refractivity contribution in [2.75, 3.05) is 13.7 Å². The van der Waals surface area contributed by atoms with E-state index in [9.17, 15) is 9.90 Å². The molecule has 1 aliphatic heterocycles. The molecule has 1 saturated carbocycles. The molecule has 3 atom stereocenters. The molecule has 1 N–H and O–H groups in total. The predicted octanol–water partition coefficient (Wildman–Crippen LogP) is 4.60. The average molecular weight is 392 g/mol. The highest BCUT2D eigenvalue weighted by Crippen LogP contribution is 2.49. The lowest BCUT2D eigenvalue weighted by atomic mass is 9.66. The number of fused-ring (bicyclic) bond motifs is 1. The topological polar surface area (TPSA) is 49.8 Å². The molecular weight excluding hydrogens is 362 g/mol. The molecule has 1 amide bonds. The van der Waals surface area contributed by atoms with Crippen LogP contribution in [0, 0.1) is 5.92 Å². The van der Waals surface area contributed by atoms with E-state index in [4.69, 9.17) is 4.74 Å². The van der Waals surface area contributed by atoms with Gasteiger partial charge in [-0.05, 0) is 48.6 Å². The molecule has 2 aromatic rings. The van der Waals surface area contributed by atoms with Crippen molar-refractivity contribution in [1.29, 1.82) is 0 Å². The molecule has 4 heteroatoms. The number of rotatable bonds is 4. The molecule has 2 aliphatic rings. The second kappa shape index (κ2) is 8.42. The summed E-state index contributed by atoms with van der Waals surface area (Å²) in [6, 6.07) is 17.7. The first-order valence-corrected chi connectivity index (χ1v) is 10.5. The third kappa shape index (κ3) is 4.08. The summed E-state index contributed by atoms with van der Waals surface area (Å²) in [5, 5.41) is 11.4. The smallest absolute Gasteiger partial charge is 0.247 e. The molecule has 0 spiro atoms. The van der Waals surface area contributed by atoms with Gasteiger partial charge in [-0.15, -0.1) is 0 Å². The molecule has 4 rings (SSSR count). The van der Waals surface area contributed by atoms with E-state index >= 15 is 0 Å². The van der Waals surface area contributed by atoms with Crippen LogP contribution < -0.4 is 4.74 Å². The Kier molecular flexibility index (Phi) is 5.72. The number of nitrogens with zero attached hydrogens (tertiary/aromatic N) is 1. The number of likely N-dealkylation sites (tertiary alicyclic amines) is 1. The Labute approximate surface area is 172 Å². The zero-order valence-corrected chi connectivity index (χ0v) is 17.0. The fourth-order valence-electron chi connectivity index (χ4n) is 4.97. The zero-order valence-electron chi connectivity index (χ0n) is 17.0.